The third kappa shape index (κ3) is 8.52. The van der Waals surface area contributed by atoms with Crippen molar-refractivity contribution in [2.24, 2.45) is 5.92 Å². The molecule has 41 heavy (non-hydrogen) atoms. The van der Waals surface area contributed by atoms with Gasteiger partial charge in [-0.25, -0.2) is 8.42 Å². The molecule has 1 atom stereocenters. The standard InChI is InChI=1S/C29H31Cl4N3O4S/c1-4-27(29(38)34-16-19(2)3)35(17-24-25(32)11-8-12-26(24)33)28(37)18-36(22-14-20(30)13-21(31)15-22)41(39,40)23-9-6-5-7-10-23/h5-15,19,27H,4,16-18H2,1-3H3,(H,34,38). The zero-order valence-corrected chi connectivity index (χ0v) is 26.6. The summed E-state index contributed by atoms with van der Waals surface area (Å²) in [6.07, 6.45) is 0.256. The molecule has 3 aromatic rings. The first-order chi connectivity index (χ1) is 19.3. The van der Waals surface area contributed by atoms with Gasteiger partial charge in [-0.15, -0.1) is 0 Å². The number of carbonyl (C=O) groups excluding carboxylic acids is 2. The molecule has 12 heteroatoms. The Morgan fingerprint density at radius 3 is 2.00 bits per heavy atom. The van der Waals surface area contributed by atoms with Gasteiger partial charge in [0, 0.05) is 38.7 Å². The third-order valence-electron chi connectivity index (χ3n) is 6.21. The van der Waals surface area contributed by atoms with E-state index in [0.29, 0.717) is 22.2 Å². The van der Waals surface area contributed by atoms with Crippen LogP contribution in [0.5, 0.6) is 0 Å². The van der Waals surface area contributed by atoms with Crippen LogP contribution in [-0.2, 0) is 26.2 Å². The summed E-state index contributed by atoms with van der Waals surface area (Å²) in [4.78, 5) is 28.7. The minimum absolute atomic E-state index is 0.0358. The van der Waals surface area contributed by atoms with E-state index in [2.05, 4.69) is 5.32 Å². The van der Waals surface area contributed by atoms with Gasteiger partial charge in [0.25, 0.3) is 10.0 Å². The molecule has 3 rings (SSSR count). The molecule has 0 fully saturated rings. The van der Waals surface area contributed by atoms with Gasteiger partial charge in [-0.1, -0.05) is 91.4 Å². The van der Waals surface area contributed by atoms with Crippen molar-refractivity contribution in [3.63, 3.8) is 0 Å². The molecule has 0 radical (unpaired) electrons. The van der Waals surface area contributed by atoms with E-state index >= 15 is 0 Å². The summed E-state index contributed by atoms with van der Waals surface area (Å²) in [6, 6.07) is 16.0. The first-order valence-corrected chi connectivity index (χ1v) is 15.8. The summed E-state index contributed by atoms with van der Waals surface area (Å²) < 4.78 is 28.7. The third-order valence-corrected chi connectivity index (χ3v) is 9.14. The van der Waals surface area contributed by atoms with Crippen LogP contribution in [0.1, 0.15) is 32.8 Å². The van der Waals surface area contributed by atoms with Crippen molar-refractivity contribution in [2.75, 3.05) is 17.4 Å². The second-order valence-electron chi connectivity index (χ2n) is 9.74. The van der Waals surface area contributed by atoms with Gasteiger partial charge in [0.05, 0.1) is 10.6 Å². The quantitative estimate of drug-likeness (QED) is 0.225. The molecule has 0 aromatic heterocycles. The van der Waals surface area contributed by atoms with E-state index in [0.717, 1.165) is 4.31 Å². The minimum atomic E-state index is -4.26. The highest BCUT2D eigenvalue weighted by Crippen LogP contribution is 2.31. The van der Waals surface area contributed by atoms with E-state index in [-0.39, 0.29) is 45.4 Å². The Kier molecular flexibility index (Phi) is 11.8. The van der Waals surface area contributed by atoms with Crippen molar-refractivity contribution in [3.8, 4) is 0 Å². The Labute approximate surface area is 261 Å². The molecule has 1 N–H and O–H groups in total. The number of nitrogens with one attached hydrogen (secondary N) is 1. The van der Waals surface area contributed by atoms with Crippen molar-refractivity contribution in [2.45, 2.75) is 44.7 Å². The highest BCUT2D eigenvalue weighted by molar-refractivity contribution is 7.92. The first-order valence-electron chi connectivity index (χ1n) is 12.9. The van der Waals surface area contributed by atoms with Gasteiger partial charge >= 0.3 is 0 Å². The van der Waals surface area contributed by atoms with Crippen LogP contribution in [0.15, 0.2) is 71.6 Å². The Bertz CT molecular complexity index is 1450. The van der Waals surface area contributed by atoms with Gasteiger partial charge < -0.3 is 10.2 Å². The molecule has 0 saturated heterocycles. The fourth-order valence-corrected chi connectivity index (χ4v) is 6.58. The number of carbonyl (C=O) groups is 2. The Morgan fingerprint density at radius 2 is 1.46 bits per heavy atom. The van der Waals surface area contributed by atoms with E-state index in [1.807, 2.05) is 13.8 Å². The highest BCUT2D eigenvalue weighted by atomic mass is 35.5. The van der Waals surface area contributed by atoms with E-state index < -0.39 is 28.5 Å². The molecule has 0 aliphatic rings. The summed E-state index contributed by atoms with van der Waals surface area (Å²) in [7, 11) is -4.26. The molecule has 2 amide bonds. The number of rotatable bonds is 12. The Hall–Kier alpha value is -2.49. The van der Waals surface area contributed by atoms with Gasteiger partial charge in [0.15, 0.2) is 0 Å². The van der Waals surface area contributed by atoms with Crippen LogP contribution in [0.25, 0.3) is 0 Å². The summed E-state index contributed by atoms with van der Waals surface area (Å²) >= 11 is 25.3. The molecular weight excluding hydrogens is 628 g/mol. The second kappa shape index (κ2) is 14.6. The monoisotopic (exact) mass is 657 g/mol. The van der Waals surface area contributed by atoms with Crippen LogP contribution in [-0.4, -0.2) is 44.3 Å². The van der Waals surface area contributed by atoms with Crippen molar-refractivity contribution >= 4 is 73.9 Å². The van der Waals surface area contributed by atoms with Crippen molar-refractivity contribution < 1.29 is 18.0 Å². The number of sulfonamides is 1. The van der Waals surface area contributed by atoms with Gasteiger partial charge in [-0.05, 0) is 54.8 Å². The zero-order valence-electron chi connectivity index (χ0n) is 22.8. The van der Waals surface area contributed by atoms with Crippen LogP contribution in [0.3, 0.4) is 0 Å². The molecule has 7 nitrogen and oxygen atoms in total. The number of hydrogen-bond acceptors (Lipinski definition) is 4. The van der Waals surface area contributed by atoms with Crippen LogP contribution < -0.4 is 9.62 Å². The fraction of sp³-hybridized carbons (Fsp3) is 0.310. The lowest BCUT2D eigenvalue weighted by atomic mass is 10.1. The van der Waals surface area contributed by atoms with E-state index in [1.54, 1.807) is 43.3 Å². The smallest absolute Gasteiger partial charge is 0.264 e. The number of amides is 2. The van der Waals surface area contributed by atoms with Crippen LogP contribution >= 0.6 is 46.4 Å². The molecule has 220 valence electrons. The predicted molar refractivity (Wildman–Crippen MR) is 166 cm³/mol. The normalized spacial score (nSPS) is 12.2. The van der Waals surface area contributed by atoms with Gasteiger partial charge in [0.2, 0.25) is 11.8 Å². The molecule has 3 aromatic carbocycles. The van der Waals surface area contributed by atoms with Crippen LogP contribution in [0.2, 0.25) is 20.1 Å². The van der Waals surface area contributed by atoms with Crippen LogP contribution in [0, 0.1) is 5.92 Å². The summed E-state index contributed by atoms with van der Waals surface area (Å²) in [6.45, 7) is 5.31. The number of hydrogen-bond donors (Lipinski definition) is 1. The predicted octanol–water partition coefficient (Wildman–Crippen LogP) is 7.08. The van der Waals surface area contributed by atoms with Gasteiger partial charge in [-0.3, -0.25) is 13.9 Å². The number of anilines is 1. The second-order valence-corrected chi connectivity index (χ2v) is 13.3. The fourth-order valence-electron chi connectivity index (χ4n) is 4.13. The summed E-state index contributed by atoms with van der Waals surface area (Å²) in [5, 5.41) is 3.87. The summed E-state index contributed by atoms with van der Waals surface area (Å²) in [5.74, 6) is -0.846. The molecule has 0 saturated carbocycles. The zero-order chi connectivity index (χ0) is 30.3. The van der Waals surface area contributed by atoms with Crippen LogP contribution in [0.4, 0.5) is 5.69 Å². The lowest BCUT2D eigenvalue weighted by Crippen LogP contribution is -2.52. The summed E-state index contributed by atoms with van der Waals surface area (Å²) in [5.41, 5.74) is 0.523. The highest BCUT2D eigenvalue weighted by Gasteiger charge is 2.34. The van der Waals surface area contributed by atoms with Gasteiger partial charge in [-0.2, -0.15) is 0 Å². The van der Waals surface area contributed by atoms with Crippen molar-refractivity contribution in [3.05, 3.63) is 92.4 Å². The average Bonchev–Trinajstić information content (AvgIpc) is 2.91. The first kappa shape index (κ1) is 33.0. The maximum atomic E-state index is 14.1. The molecule has 1 unspecified atom stereocenters. The molecule has 0 heterocycles. The Balaban J connectivity index is 2.11. The number of nitrogens with zero attached hydrogens (tertiary/aromatic N) is 2. The lowest BCUT2D eigenvalue weighted by Gasteiger charge is -2.33. The molecule has 0 aliphatic carbocycles. The largest absolute Gasteiger partial charge is 0.354 e. The van der Waals surface area contributed by atoms with E-state index in [4.69, 9.17) is 46.4 Å². The van der Waals surface area contributed by atoms with Crippen molar-refractivity contribution in [1.29, 1.82) is 0 Å². The molecule has 0 aliphatic heterocycles. The molecule has 0 bridgehead atoms. The maximum Gasteiger partial charge on any atom is 0.264 e. The SMILES string of the molecule is CCC(C(=O)NCC(C)C)N(Cc1c(Cl)cccc1Cl)C(=O)CN(c1cc(Cl)cc(Cl)c1)S(=O)(=O)c1ccccc1. The van der Waals surface area contributed by atoms with Crippen molar-refractivity contribution in [1.82, 2.24) is 10.2 Å². The van der Waals surface area contributed by atoms with Gasteiger partial charge in [0.1, 0.15) is 12.6 Å². The minimum Gasteiger partial charge on any atom is -0.354 e. The number of benzene rings is 3. The van der Waals surface area contributed by atoms with E-state index in [9.17, 15) is 18.0 Å². The maximum absolute atomic E-state index is 14.1. The number of halogens is 4. The molecule has 0 spiro atoms. The molecular formula is C29H31Cl4N3O4S. The topological polar surface area (TPSA) is 86.8 Å². The lowest BCUT2D eigenvalue weighted by molar-refractivity contribution is -0.140. The average molecular weight is 659 g/mol. The Morgan fingerprint density at radius 1 is 0.878 bits per heavy atom. The van der Waals surface area contributed by atoms with E-state index in [1.165, 1.54) is 35.2 Å².